The van der Waals surface area contributed by atoms with Crippen LogP contribution in [0.2, 0.25) is 0 Å². The molecule has 1 amide bonds. The SMILES string of the molecule is COC(=O)c1ccc(OCC(=O)N(C)Cc2cccs2)c([N+](=O)[O-])c1. The molecule has 1 heterocycles. The summed E-state index contributed by atoms with van der Waals surface area (Å²) in [5.41, 5.74) is -0.376. The van der Waals surface area contributed by atoms with E-state index in [0.29, 0.717) is 6.54 Å². The van der Waals surface area contributed by atoms with Crippen molar-refractivity contribution in [2.75, 3.05) is 20.8 Å². The average Bonchev–Trinajstić information content (AvgIpc) is 3.11. The molecule has 0 fully saturated rings. The van der Waals surface area contributed by atoms with E-state index in [1.54, 1.807) is 7.05 Å². The molecule has 9 heteroatoms. The lowest BCUT2D eigenvalue weighted by Crippen LogP contribution is -2.30. The van der Waals surface area contributed by atoms with Crippen molar-refractivity contribution in [1.82, 2.24) is 4.90 Å². The highest BCUT2D eigenvalue weighted by molar-refractivity contribution is 7.09. The van der Waals surface area contributed by atoms with Crippen LogP contribution in [0.3, 0.4) is 0 Å². The molecule has 0 aliphatic rings. The number of carbonyl (C=O) groups excluding carboxylic acids is 2. The van der Waals surface area contributed by atoms with Crippen molar-refractivity contribution in [2.24, 2.45) is 0 Å². The van der Waals surface area contributed by atoms with Crippen LogP contribution in [0.25, 0.3) is 0 Å². The van der Waals surface area contributed by atoms with Crippen LogP contribution >= 0.6 is 11.3 Å². The molecule has 0 bridgehead atoms. The molecule has 0 saturated carbocycles. The fourth-order valence-electron chi connectivity index (χ4n) is 2.00. The number of thiophene rings is 1. The molecule has 0 spiro atoms. The van der Waals surface area contributed by atoms with Gasteiger partial charge < -0.3 is 14.4 Å². The third-order valence-corrected chi connectivity index (χ3v) is 4.19. The first-order valence-electron chi connectivity index (χ1n) is 7.18. The summed E-state index contributed by atoms with van der Waals surface area (Å²) >= 11 is 1.53. The lowest BCUT2D eigenvalue weighted by Gasteiger charge is -2.16. The maximum absolute atomic E-state index is 12.1. The molecule has 0 unspecified atom stereocenters. The summed E-state index contributed by atoms with van der Waals surface area (Å²) in [5, 5.41) is 13.1. The molecule has 132 valence electrons. The molecule has 8 nitrogen and oxygen atoms in total. The number of benzene rings is 1. The first-order chi connectivity index (χ1) is 11.9. The molecule has 0 atom stereocenters. The Hall–Kier alpha value is -2.94. The molecular formula is C16H16N2O6S. The largest absolute Gasteiger partial charge is 0.477 e. The predicted molar refractivity (Wildman–Crippen MR) is 90.7 cm³/mol. The fourth-order valence-corrected chi connectivity index (χ4v) is 2.76. The molecule has 0 radical (unpaired) electrons. The van der Waals surface area contributed by atoms with Crippen LogP contribution in [0.4, 0.5) is 5.69 Å². The molecule has 1 aromatic carbocycles. The summed E-state index contributed by atoms with van der Waals surface area (Å²) in [7, 11) is 2.81. The van der Waals surface area contributed by atoms with Crippen LogP contribution in [0.15, 0.2) is 35.7 Å². The monoisotopic (exact) mass is 364 g/mol. The van der Waals surface area contributed by atoms with Crippen LogP contribution in [-0.2, 0) is 16.1 Å². The van der Waals surface area contributed by atoms with E-state index in [-0.39, 0.29) is 23.8 Å². The summed E-state index contributed by atoms with van der Waals surface area (Å²) in [6.45, 7) is 0.0868. The number of rotatable bonds is 7. The zero-order chi connectivity index (χ0) is 18.4. The van der Waals surface area contributed by atoms with Gasteiger partial charge in [0.25, 0.3) is 5.91 Å². The summed E-state index contributed by atoms with van der Waals surface area (Å²) < 4.78 is 9.82. The third kappa shape index (κ3) is 4.77. The van der Waals surface area contributed by atoms with E-state index >= 15 is 0 Å². The average molecular weight is 364 g/mol. The Bertz CT molecular complexity index is 775. The summed E-state index contributed by atoms with van der Waals surface area (Å²) in [6, 6.07) is 7.47. The second kappa shape index (κ2) is 8.25. The number of carbonyl (C=O) groups is 2. The summed E-state index contributed by atoms with van der Waals surface area (Å²) in [5.74, 6) is -1.10. The van der Waals surface area contributed by atoms with Gasteiger partial charge in [0, 0.05) is 18.0 Å². The zero-order valence-corrected chi connectivity index (χ0v) is 14.4. The van der Waals surface area contributed by atoms with Crippen molar-refractivity contribution in [2.45, 2.75) is 6.54 Å². The van der Waals surface area contributed by atoms with E-state index < -0.39 is 16.6 Å². The Labute approximate surface area is 147 Å². The number of likely N-dealkylation sites (N-methyl/N-ethyl adjacent to an activating group) is 1. The van der Waals surface area contributed by atoms with Crippen LogP contribution in [0.1, 0.15) is 15.2 Å². The molecule has 25 heavy (non-hydrogen) atoms. The molecular weight excluding hydrogens is 348 g/mol. The first-order valence-corrected chi connectivity index (χ1v) is 8.06. The highest BCUT2D eigenvalue weighted by Crippen LogP contribution is 2.28. The summed E-state index contributed by atoms with van der Waals surface area (Å²) in [6.07, 6.45) is 0. The Morgan fingerprint density at radius 1 is 1.32 bits per heavy atom. The second-order valence-corrected chi connectivity index (χ2v) is 6.08. The zero-order valence-electron chi connectivity index (χ0n) is 13.6. The number of amides is 1. The van der Waals surface area contributed by atoms with E-state index in [4.69, 9.17) is 4.74 Å². The van der Waals surface area contributed by atoms with E-state index in [1.807, 2.05) is 17.5 Å². The molecule has 0 aliphatic heterocycles. The lowest BCUT2D eigenvalue weighted by atomic mass is 10.2. The number of nitro groups is 1. The topological polar surface area (TPSA) is 99.0 Å². The minimum atomic E-state index is -0.693. The van der Waals surface area contributed by atoms with Gasteiger partial charge in [0.2, 0.25) is 0 Å². The molecule has 2 rings (SSSR count). The highest BCUT2D eigenvalue weighted by atomic mass is 32.1. The van der Waals surface area contributed by atoms with Gasteiger partial charge in [-0.25, -0.2) is 4.79 Å². The minimum absolute atomic E-state index is 0.0303. The Morgan fingerprint density at radius 3 is 2.68 bits per heavy atom. The molecule has 0 saturated heterocycles. The third-order valence-electron chi connectivity index (χ3n) is 3.33. The highest BCUT2D eigenvalue weighted by Gasteiger charge is 2.20. The van der Waals surface area contributed by atoms with Crippen molar-refractivity contribution in [3.63, 3.8) is 0 Å². The normalized spacial score (nSPS) is 10.2. The second-order valence-electron chi connectivity index (χ2n) is 5.05. The maximum Gasteiger partial charge on any atom is 0.338 e. The predicted octanol–water partition coefficient (Wildman–Crippen LogP) is 2.48. The van der Waals surface area contributed by atoms with Crippen LogP contribution in [0, 0.1) is 10.1 Å². The van der Waals surface area contributed by atoms with Gasteiger partial charge >= 0.3 is 11.7 Å². The first kappa shape index (κ1) is 18.4. The Kier molecular flexibility index (Phi) is 6.07. The van der Waals surface area contributed by atoms with Gasteiger partial charge in [-0.15, -0.1) is 11.3 Å². The van der Waals surface area contributed by atoms with E-state index in [2.05, 4.69) is 4.74 Å². The minimum Gasteiger partial charge on any atom is -0.477 e. The van der Waals surface area contributed by atoms with Crippen molar-refractivity contribution in [3.8, 4) is 5.75 Å². The number of nitrogens with zero attached hydrogens (tertiary/aromatic N) is 2. The number of hydrogen-bond donors (Lipinski definition) is 0. The van der Waals surface area contributed by atoms with Gasteiger partial charge in [0.05, 0.1) is 24.1 Å². The summed E-state index contributed by atoms with van der Waals surface area (Å²) in [4.78, 5) is 36.5. The van der Waals surface area contributed by atoms with Gasteiger partial charge in [-0.1, -0.05) is 6.07 Å². The van der Waals surface area contributed by atoms with Crippen molar-refractivity contribution < 1.29 is 24.0 Å². The van der Waals surface area contributed by atoms with Crippen molar-refractivity contribution in [1.29, 1.82) is 0 Å². The van der Waals surface area contributed by atoms with Crippen LogP contribution in [0.5, 0.6) is 5.75 Å². The number of nitro benzene ring substituents is 1. The van der Waals surface area contributed by atoms with Gasteiger partial charge in [-0.05, 0) is 23.6 Å². The number of esters is 1. The van der Waals surface area contributed by atoms with Gasteiger partial charge in [-0.3, -0.25) is 14.9 Å². The van der Waals surface area contributed by atoms with E-state index in [0.717, 1.165) is 10.9 Å². The molecule has 1 aromatic heterocycles. The Morgan fingerprint density at radius 2 is 2.08 bits per heavy atom. The smallest absolute Gasteiger partial charge is 0.338 e. The lowest BCUT2D eigenvalue weighted by molar-refractivity contribution is -0.385. The van der Waals surface area contributed by atoms with E-state index in [1.165, 1.54) is 35.5 Å². The van der Waals surface area contributed by atoms with Gasteiger partial charge in [-0.2, -0.15) is 0 Å². The molecule has 2 aromatic rings. The Balaban J connectivity index is 2.05. The standard InChI is InChI=1S/C16H16N2O6S/c1-17(9-12-4-3-7-25-12)15(19)10-24-14-6-5-11(16(20)23-2)8-13(14)18(21)22/h3-8H,9-10H2,1-2H3. The maximum atomic E-state index is 12.1. The van der Waals surface area contributed by atoms with Crippen LogP contribution < -0.4 is 4.74 Å². The van der Waals surface area contributed by atoms with Crippen molar-refractivity contribution in [3.05, 3.63) is 56.3 Å². The van der Waals surface area contributed by atoms with Crippen LogP contribution in [-0.4, -0.2) is 42.5 Å². The van der Waals surface area contributed by atoms with Gasteiger partial charge in [0.15, 0.2) is 12.4 Å². The fraction of sp³-hybridized carbons (Fsp3) is 0.250. The molecule has 0 aliphatic carbocycles. The van der Waals surface area contributed by atoms with Gasteiger partial charge in [0.1, 0.15) is 0 Å². The van der Waals surface area contributed by atoms with Crippen molar-refractivity contribution >= 4 is 28.9 Å². The number of hydrogen-bond acceptors (Lipinski definition) is 7. The quantitative estimate of drug-likeness (QED) is 0.425. The molecule has 0 N–H and O–H groups in total. The number of methoxy groups -OCH3 is 1. The van der Waals surface area contributed by atoms with E-state index in [9.17, 15) is 19.7 Å². The number of ether oxygens (including phenoxy) is 2.